The van der Waals surface area contributed by atoms with Gasteiger partial charge in [0.05, 0.1) is 17.6 Å². The molecule has 0 saturated heterocycles. The van der Waals surface area contributed by atoms with Gasteiger partial charge in [-0.1, -0.05) is 35.5 Å². The zero-order chi connectivity index (χ0) is 12.1. The molecule has 3 aromatic rings. The summed E-state index contributed by atoms with van der Waals surface area (Å²) in [7, 11) is 0. The second-order valence-corrected chi connectivity index (χ2v) is 4.40. The predicted octanol–water partition coefficient (Wildman–Crippen LogP) is 2.14. The Morgan fingerprint density at radius 1 is 1.00 bits per heavy atom. The number of pyridine rings is 1. The quantitative estimate of drug-likeness (QED) is 0.599. The second-order valence-electron chi connectivity index (χ2n) is 4.40. The molecular weight excluding hydrogens is 226 g/mol. The average Bonchev–Trinajstić information content (AvgIpc) is 2.76. The van der Waals surface area contributed by atoms with Crippen LogP contribution in [0.4, 0.5) is 0 Å². The molecule has 4 heteroatoms. The Kier molecular flexibility index (Phi) is 1.73. The number of benzene rings is 1. The van der Waals surface area contributed by atoms with Crippen LogP contribution in [0.1, 0.15) is 16.1 Å². The van der Waals surface area contributed by atoms with Crippen molar-refractivity contribution < 1.29 is 4.79 Å². The summed E-state index contributed by atoms with van der Waals surface area (Å²) in [5.74, 6) is 0.101. The first-order valence-electron chi connectivity index (χ1n) is 5.80. The molecule has 2 heterocycles. The fourth-order valence-corrected chi connectivity index (χ4v) is 2.55. The van der Waals surface area contributed by atoms with Gasteiger partial charge in [-0.15, -0.1) is 5.10 Å². The minimum absolute atomic E-state index is 0.101. The maximum Gasteiger partial charge on any atom is 0.169 e. The van der Waals surface area contributed by atoms with E-state index in [0.717, 1.165) is 27.9 Å². The van der Waals surface area contributed by atoms with Crippen molar-refractivity contribution in [2.24, 2.45) is 0 Å². The molecule has 0 amide bonds. The third kappa shape index (κ3) is 1.12. The van der Waals surface area contributed by atoms with Gasteiger partial charge in [0.2, 0.25) is 0 Å². The molecule has 4 rings (SSSR count). The molecule has 2 aromatic heterocycles. The third-order valence-corrected chi connectivity index (χ3v) is 3.36. The van der Waals surface area contributed by atoms with Crippen molar-refractivity contribution in [3.63, 3.8) is 0 Å². The highest BCUT2D eigenvalue weighted by Gasteiger charge is 2.23. The fourth-order valence-electron chi connectivity index (χ4n) is 2.55. The van der Waals surface area contributed by atoms with E-state index < -0.39 is 0 Å². The number of ketones is 1. The van der Waals surface area contributed by atoms with E-state index in [2.05, 4.69) is 10.3 Å². The van der Waals surface area contributed by atoms with E-state index in [1.54, 1.807) is 4.52 Å². The molecule has 0 unspecified atom stereocenters. The summed E-state index contributed by atoms with van der Waals surface area (Å²) in [5.41, 5.74) is 4.46. The van der Waals surface area contributed by atoms with Crippen molar-refractivity contribution in [1.29, 1.82) is 0 Å². The smallest absolute Gasteiger partial charge is 0.169 e. The van der Waals surface area contributed by atoms with Crippen LogP contribution in [0, 0.1) is 0 Å². The number of hydrogen-bond donors (Lipinski definition) is 0. The van der Waals surface area contributed by atoms with E-state index in [9.17, 15) is 4.79 Å². The molecule has 0 atom stereocenters. The largest absolute Gasteiger partial charge is 0.294 e. The molecule has 0 fully saturated rings. The van der Waals surface area contributed by atoms with Crippen LogP contribution < -0.4 is 0 Å². The standard InChI is InChI=1S/C14H9N3O/c18-13-8-12-14-11(6-3-7-17(14)16-15-12)9-4-1-2-5-10(9)13/h1-7H,8H2. The summed E-state index contributed by atoms with van der Waals surface area (Å²) in [6.07, 6.45) is 2.17. The summed E-state index contributed by atoms with van der Waals surface area (Å²) in [6, 6.07) is 11.6. The predicted molar refractivity (Wildman–Crippen MR) is 66.5 cm³/mol. The van der Waals surface area contributed by atoms with Crippen molar-refractivity contribution in [3.05, 3.63) is 53.9 Å². The van der Waals surface area contributed by atoms with Crippen LogP contribution in [0.15, 0.2) is 42.6 Å². The van der Waals surface area contributed by atoms with Crippen LogP contribution in [-0.2, 0) is 6.42 Å². The van der Waals surface area contributed by atoms with Gasteiger partial charge in [0.25, 0.3) is 0 Å². The number of carbonyl (C=O) groups is 1. The maximum atomic E-state index is 12.2. The van der Waals surface area contributed by atoms with Gasteiger partial charge in [-0.25, -0.2) is 4.52 Å². The minimum Gasteiger partial charge on any atom is -0.294 e. The van der Waals surface area contributed by atoms with Gasteiger partial charge >= 0.3 is 0 Å². The zero-order valence-corrected chi connectivity index (χ0v) is 9.50. The molecule has 0 aliphatic heterocycles. The van der Waals surface area contributed by atoms with E-state index in [-0.39, 0.29) is 5.78 Å². The highest BCUT2D eigenvalue weighted by molar-refractivity contribution is 6.07. The first kappa shape index (κ1) is 9.53. The Hall–Kier alpha value is -2.49. The Balaban J connectivity index is 2.21. The van der Waals surface area contributed by atoms with Crippen molar-refractivity contribution >= 4 is 11.3 Å². The van der Waals surface area contributed by atoms with Crippen LogP contribution in [0.25, 0.3) is 16.6 Å². The van der Waals surface area contributed by atoms with Crippen LogP contribution >= 0.6 is 0 Å². The third-order valence-electron chi connectivity index (χ3n) is 3.36. The van der Waals surface area contributed by atoms with Gasteiger partial charge < -0.3 is 0 Å². The molecule has 1 aliphatic rings. The van der Waals surface area contributed by atoms with Gasteiger partial charge in [0.15, 0.2) is 5.78 Å². The van der Waals surface area contributed by atoms with Gasteiger partial charge in [-0.05, 0) is 11.6 Å². The Labute approximate surface area is 103 Å². The summed E-state index contributed by atoms with van der Waals surface area (Å²) >= 11 is 0. The molecule has 0 radical (unpaired) electrons. The summed E-state index contributed by atoms with van der Waals surface area (Å²) in [4.78, 5) is 12.2. The van der Waals surface area contributed by atoms with Crippen molar-refractivity contribution in [1.82, 2.24) is 14.8 Å². The molecule has 0 saturated carbocycles. The maximum absolute atomic E-state index is 12.2. The van der Waals surface area contributed by atoms with Crippen LogP contribution in [0.2, 0.25) is 0 Å². The lowest BCUT2D eigenvalue weighted by Crippen LogP contribution is -2.03. The lowest BCUT2D eigenvalue weighted by molar-refractivity contribution is 0.0993. The lowest BCUT2D eigenvalue weighted by atomic mass is 9.99. The van der Waals surface area contributed by atoms with Gasteiger partial charge in [-0.2, -0.15) is 0 Å². The molecule has 1 aliphatic carbocycles. The van der Waals surface area contributed by atoms with E-state index in [1.807, 2.05) is 42.6 Å². The SMILES string of the molecule is O=C1Cc2nnn3cccc(c23)-c2ccccc21. The number of carbonyl (C=O) groups excluding carboxylic acids is 1. The average molecular weight is 235 g/mol. The molecule has 0 spiro atoms. The Bertz CT molecular complexity index is 789. The molecule has 18 heavy (non-hydrogen) atoms. The van der Waals surface area contributed by atoms with Crippen molar-refractivity contribution in [2.75, 3.05) is 0 Å². The number of aromatic nitrogens is 3. The number of fused-ring (bicyclic) bond motifs is 2. The van der Waals surface area contributed by atoms with Crippen LogP contribution in [0.3, 0.4) is 0 Å². The molecule has 4 nitrogen and oxygen atoms in total. The zero-order valence-electron chi connectivity index (χ0n) is 9.50. The Morgan fingerprint density at radius 3 is 2.67 bits per heavy atom. The second kappa shape index (κ2) is 3.26. The summed E-state index contributed by atoms with van der Waals surface area (Å²) in [6.45, 7) is 0. The first-order valence-corrected chi connectivity index (χ1v) is 5.80. The summed E-state index contributed by atoms with van der Waals surface area (Å²) < 4.78 is 1.74. The molecule has 0 bridgehead atoms. The van der Waals surface area contributed by atoms with Crippen molar-refractivity contribution in [2.45, 2.75) is 6.42 Å². The monoisotopic (exact) mass is 235 g/mol. The number of hydrogen-bond acceptors (Lipinski definition) is 3. The van der Waals surface area contributed by atoms with Gasteiger partial charge in [-0.3, -0.25) is 4.79 Å². The highest BCUT2D eigenvalue weighted by atomic mass is 16.1. The number of rotatable bonds is 0. The van der Waals surface area contributed by atoms with Gasteiger partial charge in [0, 0.05) is 17.3 Å². The first-order chi connectivity index (χ1) is 8.84. The topological polar surface area (TPSA) is 47.3 Å². The fraction of sp³-hybridized carbons (Fsp3) is 0.0714. The normalized spacial score (nSPS) is 13.4. The van der Waals surface area contributed by atoms with Crippen LogP contribution in [-0.4, -0.2) is 20.6 Å². The lowest BCUT2D eigenvalue weighted by Gasteiger charge is -2.06. The minimum atomic E-state index is 0.101. The van der Waals surface area contributed by atoms with Gasteiger partial charge in [0.1, 0.15) is 0 Å². The highest BCUT2D eigenvalue weighted by Crippen LogP contribution is 2.32. The number of nitrogens with zero attached hydrogens (tertiary/aromatic N) is 3. The van der Waals surface area contributed by atoms with Crippen LogP contribution in [0.5, 0.6) is 0 Å². The number of Topliss-reactive ketones (excluding diaryl/α,β-unsaturated/α-hetero) is 1. The summed E-state index contributed by atoms with van der Waals surface area (Å²) in [5, 5.41) is 8.17. The Morgan fingerprint density at radius 2 is 1.78 bits per heavy atom. The van der Waals surface area contributed by atoms with E-state index in [4.69, 9.17) is 0 Å². The molecule has 1 aromatic carbocycles. The molecule has 86 valence electrons. The molecule has 0 N–H and O–H groups in total. The van der Waals surface area contributed by atoms with E-state index in [0.29, 0.717) is 6.42 Å². The molecular formula is C14H9N3O. The van der Waals surface area contributed by atoms with E-state index >= 15 is 0 Å². The van der Waals surface area contributed by atoms with Crippen molar-refractivity contribution in [3.8, 4) is 11.1 Å². The van der Waals surface area contributed by atoms with E-state index in [1.165, 1.54) is 0 Å².